The summed E-state index contributed by atoms with van der Waals surface area (Å²) < 4.78 is 30.8. The van der Waals surface area contributed by atoms with Crippen LogP contribution in [0.15, 0.2) is 85.1 Å². The van der Waals surface area contributed by atoms with E-state index in [1.807, 2.05) is 33.3 Å². The molecule has 0 aromatic rings. The van der Waals surface area contributed by atoms with E-state index in [4.69, 9.17) is 13.8 Å². The van der Waals surface area contributed by atoms with E-state index in [9.17, 15) is 19.0 Å². The zero-order valence-corrected chi connectivity index (χ0v) is 56.1. The molecule has 0 radical (unpaired) electrons. The molecule has 9 nitrogen and oxygen atoms in total. The van der Waals surface area contributed by atoms with Crippen LogP contribution in [0.2, 0.25) is 0 Å². The fraction of sp³-hybridized carbons (Fsp3) is 0.781. The molecule has 0 aromatic carbocycles. The van der Waals surface area contributed by atoms with Gasteiger partial charge in [0.25, 0.3) is 0 Å². The minimum absolute atomic E-state index is 0.0312. The number of unbranched alkanes of at least 4 members (excludes halogenated alkanes) is 35. The zero-order valence-electron chi connectivity index (χ0n) is 55.2. The summed E-state index contributed by atoms with van der Waals surface area (Å²) in [5.41, 5.74) is 0. The molecule has 0 aromatic heterocycles. The molecule has 3 unspecified atom stereocenters. The van der Waals surface area contributed by atoms with Gasteiger partial charge in [0.15, 0.2) is 0 Å². The van der Waals surface area contributed by atoms with E-state index in [0.29, 0.717) is 23.9 Å². The Labute approximate surface area is 514 Å². The molecule has 1 amide bonds. The molecule has 0 saturated heterocycles. The van der Waals surface area contributed by atoms with E-state index >= 15 is 0 Å². The maximum absolute atomic E-state index is 13.6. The van der Waals surface area contributed by atoms with Crippen LogP contribution in [0.3, 0.4) is 0 Å². The van der Waals surface area contributed by atoms with Gasteiger partial charge >= 0.3 is 13.8 Å². The van der Waals surface area contributed by atoms with Crippen molar-refractivity contribution in [3.63, 3.8) is 0 Å². The number of quaternary nitrogens is 1. The summed E-state index contributed by atoms with van der Waals surface area (Å²) in [4.78, 5) is 37.9. The van der Waals surface area contributed by atoms with Crippen LogP contribution in [0, 0.1) is 0 Å². The van der Waals surface area contributed by atoms with Gasteiger partial charge in [-0.25, -0.2) is 4.57 Å². The summed E-state index contributed by atoms with van der Waals surface area (Å²) in [6.45, 7) is 6.90. The van der Waals surface area contributed by atoms with Crippen molar-refractivity contribution in [2.24, 2.45) is 0 Å². The lowest BCUT2D eigenvalue weighted by atomic mass is 10.0. The normalized spacial score (nSPS) is 14.1. The third-order valence-corrected chi connectivity index (χ3v) is 16.3. The number of carbonyl (C=O) groups excluding carboxylic acids is 2. The Morgan fingerprint density at radius 2 is 0.771 bits per heavy atom. The van der Waals surface area contributed by atoms with E-state index in [1.54, 1.807) is 0 Å². The topological polar surface area (TPSA) is 111 Å². The predicted octanol–water partition coefficient (Wildman–Crippen LogP) is 22.1. The molecule has 0 aliphatic rings. The fourth-order valence-electron chi connectivity index (χ4n) is 9.96. The van der Waals surface area contributed by atoms with E-state index in [1.165, 1.54) is 186 Å². The van der Waals surface area contributed by atoms with Crippen LogP contribution in [-0.4, -0.2) is 74.3 Å². The monoisotopic (exact) mass is 1180 g/mol. The standard InChI is InChI=1S/C73H133N2O7P/c1-7-10-13-16-19-22-25-28-30-32-34-35-36-37-38-39-41-43-45-48-51-54-57-60-63-66-73(77)82-71(64-61-58-55-52-49-46-27-24-21-18-15-12-9-3)70(69-81-83(78,79)80-68-67-75(4,5)6)74-72(76)65-62-59-56-53-50-47-44-42-40-33-31-29-26-23-20-17-14-11-8-2/h11,14,20,23,28-31,40,42,47,50,61,64,70-71H,7-10,12-13,15-19,21-22,24-27,32-39,41,43-46,48-49,51-60,62-63,65-69H2,1-6H3,(H-,74,76,78,79)/p+1/b14-11-,23-20-,30-28+,31-29-,42-40-,50-47-,64-61-. The van der Waals surface area contributed by atoms with Gasteiger partial charge in [0, 0.05) is 12.8 Å². The summed E-state index contributed by atoms with van der Waals surface area (Å²) in [7, 11) is 1.47. The van der Waals surface area contributed by atoms with Gasteiger partial charge < -0.3 is 19.4 Å². The molecule has 482 valence electrons. The van der Waals surface area contributed by atoms with Crippen molar-refractivity contribution in [2.45, 2.75) is 328 Å². The van der Waals surface area contributed by atoms with Gasteiger partial charge in [-0.1, -0.05) is 286 Å². The van der Waals surface area contributed by atoms with Crippen LogP contribution >= 0.6 is 7.82 Å². The first-order valence-electron chi connectivity index (χ1n) is 34.9. The molecule has 0 heterocycles. The second-order valence-corrected chi connectivity index (χ2v) is 26.1. The lowest BCUT2D eigenvalue weighted by molar-refractivity contribution is -0.870. The van der Waals surface area contributed by atoms with E-state index < -0.39 is 20.0 Å². The van der Waals surface area contributed by atoms with Crippen molar-refractivity contribution >= 4 is 19.7 Å². The molecule has 0 spiro atoms. The number of carbonyl (C=O) groups is 2. The molecule has 3 atom stereocenters. The largest absolute Gasteiger partial charge is 0.472 e. The maximum Gasteiger partial charge on any atom is 0.472 e. The predicted molar refractivity (Wildman–Crippen MR) is 360 cm³/mol. The van der Waals surface area contributed by atoms with Gasteiger partial charge in [0.05, 0.1) is 33.8 Å². The second-order valence-electron chi connectivity index (χ2n) is 24.7. The van der Waals surface area contributed by atoms with Gasteiger partial charge in [-0.15, -0.1) is 0 Å². The van der Waals surface area contributed by atoms with Gasteiger partial charge in [0.2, 0.25) is 5.91 Å². The first-order chi connectivity index (χ1) is 40.4. The Bertz CT molecular complexity index is 1700. The molecule has 2 N–H and O–H groups in total. The Balaban J connectivity index is 5.15. The maximum atomic E-state index is 13.6. The van der Waals surface area contributed by atoms with Crippen molar-refractivity contribution in [1.82, 2.24) is 5.32 Å². The highest BCUT2D eigenvalue weighted by molar-refractivity contribution is 7.47. The van der Waals surface area contributed by atoms with E-state index in [-0.39, 0.29) is 31.5 Å². The third kappa shape index (κ3) is 63.5. The van der Waals surface area contributed by atoms with Crippen LogP contribution < -0.4 is 5.32 Å². The molecule has 0 bridgehead atoms. The number of hydrogen-bond acceptors (Lipinski definition) is 6. The van der Waals surface area contributed by atoms with Crippen molar-refractivity contribution in [3.05, 3.63) is 85.1 Å². The van der Waals surface area contributed by atoms with E-state index in [0.717, 1.165) is 89.9 Å². The van der Waals surface area contributed by atoms with Gasteiger partial charge in [0.1, 0.15) is 19.3 Å². The molecule has 0 aliphatic heterocycles. The number of rotatable bonds is 63. The number of phosphoric acid groups is 1. The van der Waals surface area contributed by atoms with Crippen LogP contribution in [-0.2, 0) is 27.9 Å². The molecule has 83 heavy (non-hydrogen) atoms. The fourth-order valence-corrected chi connectivity index (χ4v) is 10.7. The van der Waals surface area contributed by atoms with Gasteiger partial charge in [-0.2, -0.15) is 0 Å². The number of nitrogens with zero attached hydrogens (tertiary/aromatic N) is 1. The third-order valence-electron chi connectivity index (χ3n) is 15.3. The van der Waals surface area contributed by atoms with Crippen molar-refractivity contribution in [2.75, 3.05) is 40.9 Å². The number of esters is 1. The number of likely N-dealkylation sites (N-methyl/N-ethyl adjacent to an activating group) is 1. The molecule has 10 heteroatoms. The molecule has 0 rings (SSSR count). The average molecular weight is 1180 g/mol. The first kappa shape index (κ1) is 80.2. The average Bonchev–Trinajstić information content (AvgIpc) is 3.47. The number of nitrogens with one attached hydrogen (secondary N) is 1. The van der Waals surface area contributed by atoms with Crippen molar-refractivity contribution < 1.29 is 37.3 Å². The summed E-state index contributed by atoms with van der Waals surface area (Å²) in [5.74, 6) is -0.535. The lowest BCUT2D eigenvalue weighted by Crippen LogP contribution is -2.47. The van der Waals surface area contributed by atoms with Crippen LogP contribution in [0.5, 0.6) is 0 Å². The lowest BCUT2D eigenvalue weighted by Gasteiger charge is -2.27. The van der Waals surface area contributed by atoms with Crippen molar-refractivity contribution in [1.29, 1.82) is 0 Å². The summed E-state index contributed by atoms with van der Waals surface area (Å²) in [5, 5.41) is 3.05. The highest BCUT2D eigenvalue weighted by atomic mass is 31.2. The highest BCUT2D eigenvalue weighted by Crippen LogP contribution is 2.43. The zero-order chi connectivity index (χ0) is 60.7. The molecular weight excluding hydrogens is 1050 g/mol. The number of ether oxygens (including phenoxy) is 1. The number of allylic oxidation sites excluding steroid dienone is 13. The van der Waals surface area contributed by atoms with Gasteiger partial charge in [-0.05, 0) is 102 Å². The quantitative estimate of drug-likeness (QED) is 0.0205. The minimum atomic E-state index is -4.47. The second kappa shape index (κ2) is 62.2. The number of phosphoric ester groups is 1. The molecular formula is C73H134N2O7P+. The Morgan fingerprint density at radius 3 is 1.18 bits per heavy atom. The summed E-state index contributed by atoms with van der Waals surface area (Å²) in [6.07, 6.45) is 83.1. The first-order valence-corrected chi connectivity index (χ1v) is 36.4. The van der Waals surface area contributed by atoms with Crippen LogP contribution in [0.1, 0.15) is 316 Å². The Kier molecular flexibility index (Phi) is 60.1. The Morgan fingerprint density at radius 1 is 0.434 bits per heavy atom. The summed E-state index contributed by atoms with van der Waals surface area (Å²) >= 11 is 0. The molecule has 0 aliphatic carbocycles. The van der Waals surface area contributed by atoms with Gasteiger partial charge in [-0.3, -0.25) is 18.6 Å². The number of hydrogen-bond donors (Lipinski definition) is 2. The smallest absolute Gasteiger partial charge is 0.456 e. The van der Waals surface area contributed by atoms with Crippen molar-refractivity contribution in [3.8, 4) is 0 Å². The SMILES string of the molecule is CC/C=C\C/C=C\C/C=C\C/C=C\C/C=C\CCCCCC(=O)NC(COP(=O)(O)OCC[N+](C)(C)C)C(/C=C\CCCCCCCCCCCCC)OC(=O)CCCCCCCCCCCCCCCCC/C=C/CCCCCCCC. The molecule has 0 fully saturated rings. The number of amides is 1. The minimum Gasteiger partial charge on any atom is -0.456 e. The van der Waals surface area contributed by atoms with Crippen LogP contribution in [0.4, 0.5) is 0 Å². The van der Waals surface area contributed by atoms with E-state index in [2.05, 4.69) is 99.0 Å². The molecule has 0 saturated carbocycles. The highest BCUT2D eigenvalue weighted by Gasteiger charge is 2.30. The Hall–Kier alpha value is -2.81. The van der Waals surface area contributed by atoms with Crippen LogP contribution in [0.25, 0.3) is 0 Å². The summed E-state index contributed by atoms with van der Waals surface area (Å²) in [6, 6.07) is -0.870.